The van der Waals surface area contributed by atoms with Crippen LogP contribution in [0, 0.1) is 0 Å². The molecule has 214 valence electrons. The van der Waals surface area contributed by atoms with Crippen LogP contribution in [0.1, 0.15) is 20.7 Å². The minimum Gasteiger partial charge on any atom is -0.508 e. The number of aromatic hydroxyl groups is 2. The number of aromatic carboxylic acids is 2. The van der Waals surface area contributed by atoms with Crippen molar-refractivity contribution in [3.05, 3.63) is 117 Å². The third-order valence-electron chi connectivity index (χ3n) is 7.51. The molecule has 0 saturated carbocycles. The van der Waals surface area contributed by atoms with E-state index in [-0.39, 0.29) is 78.4 Å². The van der Waals surface area contributed by atoms with Crippen LogP contribution in [0.25, 0.3) is 66.8 Å². The molecule has 0 spiro atoms. The molecule has 2 aliphatic heterocycles. The van der Waals surface area contributed by atoms with Crippen molar-refractivity contribution in [1.82, 2.24) is 0 Å². The van der Waals surface area contributed by atoms with E-state index in [4.69, 9.17) is 8.83 Å². The highest BCUT2D eigenvalue weighted by Gasteiger charge is 2.28. The Kier molecular flexibility index (Phi) is 5.76. The smallest absolute Gasteiger partial charge is 0.336 e. The monoisotopic (exact) mass is 586 g/mol. The van der Waals surface area contributed by atoms with Gasteiger partial charge in [0.15, 0.2) is 10.9 Å². The number of fused-ring (bicyclic) bond motifs is 4. The molecule has 2 heterocycles. The number of hydrogen-bond acceptors (Lipinski definition) is 8. The van der Waals surface area contributed by atoms with Crippen LogP contribution < -0.4 is 10.9 Å². The molecule has 4 aliphatic rings. The van der Waals surface area contributed by atoms with Gasteiger partial charge in [-0.1, -0.05) is 0 Å². The number of phenolic OH excluding ortho intramolecular Hbond substituents is 2. The summed E-state index contributed by atoms with van der Waals surface area (Å²) in [6, 6.07) is 18.9. The molecule has 44 heavy (non-hydrogen) atoms. The zero-order valence-corrected chi connectivity index (χ0v) is 22.3. The van der Waals surface area contributed by atoms with Crippen LogP contribution in [-0.4, -0.2) is 32.4 Å². The maximum absolute atomic E-state index is 12.9. The van der Waals surface area contributed by atoms with Gasteiger partial charge in [-0.15, -0.1) is 0 Å². The predicted octanol–water partition coefficient (Wildman–Crippen LogP) is 6.25. The largest absolute Gasteiger partial charge is 0.508 e. The molecule has 0 aromatic heterocycles. The van der Waals surface area contributed by atoms with Crippen LogP contribution in [0.4, 0.5) is 0 Å². The topological polar surface area (TPSA) is 175 Å². The lowest BCUT2D eigenvalue weighted by molar-refractivity contribution is 0.0682. The Morgan fingerprint density at radius 1 is 0.500 bits per heavy atom. The number of rotatable bonds is 4. The summed E-state index contributed by atoms with van der Waals surface area (Å²) in [5.41, 5.74) is 0.348. The fourth-order valence-electron chi connectivity index (χ4n) is 5.67. The first kappa shape index (κ1) is 26.5. The lowest BCUT2D eigenvalue weighted by atomic mass is 9.84. The summed E-state index contributed by atoms with van der Waals surface area (Å²) >= 11 is 0. The van der Waals surface area contributed by atoms with E-state index >= 15 is 0 Å². The van der Waals surface area contributed by atoms with E-state index in [9.17, 15) is 39.6 Å². The van der Waals surface area contributed by atoms with E-state index < -0.39 is 11.9 Å². The average Bonchev–Trinajstić information content (AvgIpc) is 2.97. The summed E-state index contributed by atoms with van der Waals surface area (Å²) in [4.78, 5) is 50.2. The Bertz CT molecular complexity index is 2240. The number of carbonyl (C=O) groups is 2. The lowest BCUT2D eigenvalue weighted by Gasteiger charge is -2.20. The van der Waals surface area contributed by atoms with Crippen LogP contribution in [0.5, 0.6) is 11.5 Å². The molecular formula is C34H18O10. The molecule has 7 rings (SSSR count). The van der Waals surface area contributed by atoms with Gasteiger partial charge in [0.1, 0.15) is 34.2 Å². The molecule has 10 heteroatoms. The molecule has 2 aliphatic carbocycles. The number of hydrogen-bond donors (Lipinski definition) is 4. The van der Waals surface area contributed by atoms with Crippen molar-refractivity contribution in [2.75, 3.05) is 0 Å². The molecule has 10 nitrogen and oxygen atoms in total. The van der Waals surface area contributed by atoms with Gasteiger partial charge in [-0.2, -0.15) is 0 Å². The second kappa shape index (κ2) is 9.57. The third-order valence-corrected chi connectivity index (χ3v) is 7.51. The van der Waals surface area contributed by atoms with Crippen molar-refractivity contribution in [1.29, 1.82) is 0 Å². The van der Waals surface area contributed by atoms with Gasteiger partial charge in [0, 0.05) is 57.3 Å². The molecule has 3 aromatic carbocycles. The summed E-state index contributed by atoms with van der Waals surface area (Å²) in [7, 11) is 0. The SMILES string of the molecule is O=C(O)c1cc(-c2c3ccc(=O)cc-3oc3cc(O)ccc23)c(C(=O)O)cc1-c1c2ccc(=O)cc-2oc2cc(O)ccc12. The summed E-state index contributed by atoms with van der Waals surface area (Å²) < 4.78 is 11.8. The minimum atomic E-state index is -1.37. The van der Waals surface area contributed by atoms with Crippen LogP contribution in [0.3, 0.4) is 0 Å². The molecule has 0 fully saturated rings. The van der Waals surface area contributed by atoms with E-state index in [1.165, 1.54) is 84.9 Å². The van der Waals surface area contributed by atoms with E-state index in [1.807, 2.05) is 0 Å². The van der Waals surface area contributed by atoms with Gasteiger partial charge in [0.05, 0.1) is 11.1 Å². The Balaban J connectivity index is 1.65. The number of phenols is 2. The van der Waals surface area contributed by atoms with Crippen molar-refractivity contribution >= 4 is 33.9 Å². The van der Waals surface area contributed by atoms with E-state index in [1.54, 1.807) is 0 Å². The van der Waals surface area contributed by atoms with Gasteiger partial charge in [0.2, 0.25) is 0 Å². The number of benzene rings is 5. The Labute approximate surface area is 245 Å². The van der Waals surface area contributed by atoms with Crippen molar-refractivity contribution in [2.24, 2.45) is 0 Å². The predicted molar refractivity (Wildman–Crippen MR) is 160 cm³/mol. The summed E-state index contributed by atoms with van der Waals surface area (Å²) in [6.45, 7) is 0. The lowest BCUT2D eigenvalue weighted by Crippen LogP contribution is -2.09. The first-order valence-electron chi connectivity index (χ1n) is 13.1. The number of carboxylic acids is 2. The fraction of sp³-hybridized carbons (Fsp3) is 0. The molecule has 0 bridgehead atoms. The molecular weight excluding hydrogens is 568 g/mol. The Morgan fingerprint density at radius 3 is 1.30 bits per heavy atom. The zero-order valence-electron chi connectivity index (χ0n) is 22.3. The molecule has 3 aromatic rings. The van der Waals surface area contributed by atoms with Gasteiger partial charge in [-0.3, -0.25) is 9.59 Å². The molecule has 4 N–H and O–H groups in total. The summed E-state index contributed by atoms with van der Waals surface area (Å²) in [6.07, 6.45) is 0. The van der Waals surface area contributed by atoms with E-state index in [2.05, 4.69) is 0 Å². The molecule has 0 radical (unpaired) electrons. The van der Waals surface area contributed by atoms with Crippen molar-refractivity contribution in [3.8, 4) is 56.4 Å². The highest BCUT2D eigenvalue weighted by molar-refractivity contribution is 6.13. The molecule has 0 amide bonds. The average molecular weight is 587 g/mol. The van der Waals surface area contributed by atoms with Crippen LogP contribution >= 0.6 is 0 Å². The Morgan fingerprint density at radius 2 is 0.909 bits per heavy atom. The van der Waals surface area contributed by atoms with Gasteiger partial charge in [-0.25, -0.2) is 9.59 Å². The van der Waals surface area contributed by atoms with Crippen molar-refractivity contribution in [3.63, 3.8) is 0 Å². The normalized spacial score (nSPS) is 11.5. The standard InChI is InChI=1S/C34H18O10/c35-15-1-5-19-27(9-15)43-28-10-16(36)2-6-20(28)31(19)23-13-26(34(41)42)24(14-25(23)33(39)40)32-21-7-3-17(37)11-29(21)44-30-12-18(38)4-8-22(30)32/h1-14,35,37H,(H,39,40)(H,41,42). The van der Waals surface area contributed by atoms with Crippen LogP contribution in [0.15, 0.2) is 103 Å². The van der Waals surface area contributed by atoms with Crippen LogP contribution in [-0.2, 0) is 0 Å². The third kappa shape index (κ3) is 4.12. The van der Waals surface area contributed by atoms with Gasteiger partial charge in [-0.05, 0) is 71.8 Å². The second-order valence-corrected chi connectivity index (χ2v) is 10.2. The van der Waals surface area contributed by atoms with Gasteiger partial charge >= 0.3 is 11.9 Å². The highest BCUT2D eigenvalue weighted by atomic mass is 16.4. The molecule has 0 atom stereocenters. The summed E-state index contributed by atoms with van der Waals surface area (Å²) in [5, 5.41) is 42.0. The van der Waals surface area contributed by atoms with E-state index in [0.717, 1.165) is 0 Å². The number of carboxylic acid groups (broad SMARTS) is 2. The fourth-order valence-corrected chi connectivity index (χ4v) is 5.67. The second-order valence-electron chi connectivity index (χ2n) is 10.2. The maximum atomic E-state index is 12.9. The van der Waals surface area contributed by atoms with Crippen molar-refractivity contribution < 1.29 is 38.8 Å². The highest BCUT2D eigenvalue weighted by Crippen LogP contribution is 2.46. The van der Waals surface area contributed by atoms with E-state index in [0.29, 0.717) is 21.9 Å². The maximum Gasteiger partial charge on any atom is 0.336 e. The van der Waals surface area contributed by atoms with Crippen molar-refractivity contribution in [2.45, 2.75) is 0 Å². The first-order valence-corrected chi connectivity index (χ1v) is 13.1. The first-order chi connectivity index (χ1) is 21.1. The van der Waals surface area contributed by atoms with Gasteiger partial charge in [0.25, 0.3) is 0 Å². The van der Waals surface area contributed by atoms with Gasteiger partial charge < -0.3 is 29.3 Å². The molecule has 0 unspecified atom stereocenters. The molecule has 0 saturated heterocycles. The van der Waals surface area contributed by atoms with Crippen LogP contribution in [0.2, 0.25) is 0 Å². The Hall–Kier alpha value is -6.42. The minimum absolute atomic E-state index is 0.0301. The summed E-state index contributed by atoms with van der Waals surface area (Å²) in [5.74, 6) is -2.78. The quantitative estimate of drug-likeness (QED) is 0.172. The zero-order chi connectivity index (χ0) is 30.9.